The molecule has 0 aliphatic heterocycles. The van der Waals surface area contributed by atoms with Crippen LogP contribution in [0.3, 0.4) is 0 Å². The van der Waals surface area contributed by atoms with Crippen LogP contribution in [0.5, 0.6) is 5.75 Å². The molecule has 0 fully saturated rings. The van der Waals surface area contributed by atoms with Gasteiger partial charge in [-0.3, -0.25) is 4.79 Å². The summed E-state index contributed by atoms with van der Waals surface area (Å²) >= 11 is 1.52. The van der Waals surface area contributed by atoms with E-state index in [1.165, 1.54) is 11.3 Å². The first-order valence-electron chi connectivity index (χ1n) is 7.35. The molecule has 1 N–H and O–H groups in total. The molecular formula is C17H17N3O2S. The van der Waals surface area contributed by atoms with E-state index >= 15 is 0 Å². The van der Waals surface area contributed by atoms with E-state index in [-0.39, 0.29) is 12.3 Å². The second-order valence-electron chi connectivity index (χ2n) is 4.89. The van der Waals surface area contributed by atoms with Crippen molar-refractivity contribution in [2.24, 2.45) is 0 Å². The Morgan fingerprint density at radius 1 is 1.26 bits per heavy atom. The Hall–Kier alpha value is -2.60. The average Bonchev–Trinajstić information content (AvgIpc) is 3.20. The van der Waals surface area contributed by atoms with Crippen molar-refractivity contribution in [3.05, 3.63) is 59.9 Å². The molecule has 2 aromatic heterocycles. The molecule has 0 saturated carbocycles. The fraction of sp³-hybridized carbons (Fsp3) is 0.176. The lowest BCUT2D eigenvalue weighted by Gasteiger charge is -2.06. The van der Waals surface area contributed by atoms with Gasteiger partial charge in [0.2, 0.25) is 5.91 Å². The molecule has 0 atom stereocenters. The van der Waals surface area contributed by atoms with Gasteiger partial charge < -0.3 is 14.6 Å². The molecule has 2 heterocycles. The SMILES string of the molecule is CCOc1ccc(NC(=O)Cc2csc(-n3cccc3)n2)cc1. The molecule has 0 unspecified atom stereocenters. The molecule has 118 valence electrons. The summed E-state index contributed by atoms with van der Waals surface area (Å²) in [5.41, 5.74) is 1.52. The second kappa shape index (κ2) is 7.11. The number of rotatable bonds is 6. The third-order valence-electron chi connectivity index (χ3n) is 3.16. The number of ether oxygens (including phenoxy) is 1. The fourth-order valence-corrected chi connectivity index (χ4v) is 2.92. The maximum atomic E-state index is 12.1. The summed E-state index contributed by atoms with van der Waals surface area (Å²) in [6.45, 7) is 2.56. The van der Waals surface area contributed by atoms with E-state index in [9.17, 15) is 4.79 Å². The molecule has 5 nitrogen and oxygen atoms in total. The minimum absolute atomic E-state index is 0.0847. The number of thiazole rings is 1. The topological polar surface area (TPSA) is 56.1 Å². The van der Waals surface area contributed by atoms with Gasteiger partial charge in [0.05, 0.1) is 18.7 Å². The number of hydrogen-bond acceptors (Lipinski definition) is 4. The number of benzene rings is 1. The van der Waals surface area contributed by atoms with Gasteiger partial charge in [-0.1, -0.05) is 0 Å². The number of anilines is 1. The van der Waals surface area contributed by atoms with Crippen LogP contribution in [0.2, 0.25) is 0 Å². The Kier molecular flexibility index (Phi) is 4.73. The van der Waals surface area contributed by atoms with Crippen molar-refractivity contribution in [1.82, 2.24) is 9.55 Å². The summed E-state index contributed by atoms with van der Waals surface area (Å²) in [4.78, 5) is 16.6. The van der Waals surface area contributed by atoms with E-state index in [4.69, 9.17) is 4.74 Å². The van der Waals surface area contributed by atoms with E-state index in [0.717, 1.165) is 22.3 Å². The van der Waals surface area contributed by atoms with Crippen LogP contribution in [0.25, 0.3) is 5.13 Å². The average molecular weight is 327 g/mol. The number of amides is 1. The van der Waals surface area contributed by atoms with Crippen LogP contribution in [0.15, 0.2) is 54.2 Å². The first-order valence-corrected chi connectivity index (χ1v) is 8.23. The molecule has 3 aromatic rings. The van der Waals surface area contributed by atoms with Gasteiger partial charge in [0.15, 0.2) is 5.13 Å². The maximum Gasteiger partial charge on any atom is 0.230 e. The van der Waals surface area contributed by atoms with Crippen molar-refractivity contribution < 1.29 is 9.53 Å². The summed E-state index contributed by atoms with van der Waals surface area (Å²) < 4.78 is 7.31. The minimum Gasteiger partial charge on any atom is -0.494 e. The lowest BCUT2D eigenvalue weighted by molar-refractivity contribution is -0.115. The third-order valence-corrected chi connectivity index (χ3v) is 4.06. The van der Waals surface area contributed by atoms with Crippen LogP contribution in [0.1, 0.15) is 12.6 Å². The van der Waals surface area contributed by atoms with E-state index in [2.05, 4.69) is 10.3 Å². The summed E-state index contributed by atoms with van der Waals surface area (Å²) in [6.07, 6.45) is 4.12. The lowest BCUT2D eigenvalue weighted by Crippen LogP contribution is -2.14. The first-order chi connectivity index (χ1) is 11.2. The highest BCUT2D eigenvalue weighted by atomic mass is 32.1. The van der Waals surface area contributed by atoms with E-state index in [1.807, 2.05) is 65.7 Å². The standard InChI is InChI=1S/C17H17N3O2S/c1-2-22-15-7-5-13(6-8-15)18-16(21)11-14-12-23-17(19-14)20-9-3-4-10-20/h3-10,12H,2,11H2,1H3,(H,18,21). The molecule has 0 aliphatic rings. The van der Waals surface area contributed by atoms with Crippen LogP contribution >= 0.6 is 11.3 Å². The summed E-state index contributed by atoms with van der Waals surface area (Å²) in [7, 11) is 0. The van der Waals surface area contributed by atoms with Crippen LogP contribution in [-0.2, 0) is 11.2 Å². The smallest absolute Gasteiger partial charge is 0.230 e. The summed E-state index contributed by atoms with van der Waals surface area (Å²) in [5.74, 6) is 0.708. The van der Waals surface area contributed by atoms with Crippen LogP contribution in [0, 0.1) is 0 Å². The highest BCUT2D eigenvalue weighted by Gasteiger charge is 2.09. The number of carbonyl (C=O) groups is 1. The van der Waals surface area contributed by atoms with E-state index in [0.29, 0.717) is 6.61 Å². The monoisotopic (exact) mass is 327 g/mol. The number of nitrogens with zero attached hydrogens (tertiary/aromatic N) is 2. The van der Waals surface area contributed by atoms with Crippen LogP contribution < -0.4 is 10.1 Å². The highest BCUT2D eigenvalue weighted by molar-refractivity contribution is 7.12. The quantitative estimate of drug-likeness (QED) is 0.754. The fourth-order valence-electron chi connectivity index (χ4n) is 2.13. The zero-order chi connectivity index (χ0) is 16.1. The normalized spacial score (nSPS) is 10.5. The number of nitrogens with one attached hydrogen (secondary N) is 1. The molecule has 0 radical (unpaired) electrons. The van der Waals surface area contributed by atoms with Gasteiger partial charge in [0.1, 0.15) is 5.75 Å². The molecule has 23 heavy (non-hydrogen) atoms. The van der Waals surface area contributed by atoms with Gasteiger partial charge in [-0.15, -0.1) is 11.3 Å². The van der Waals surface area contributed by atoms with Crippen LogP contribution in [-0.4, -0.2) is 22.1 Å². The second-order valence-corrected chi connectivity index (χ2v) is 5.73. The van der Waals surface area contributed by atoms with Crippen molar-refractivity contribution in [3.8, 4) is 10.9 Å². The number of aromatic nitrogens is 2. The van der Waals surface area contributed by atoms with Crippen molar-refractivity contribution in [2.45, 2.75) is 13.3 Å². The third kappa shape index (κ3) is 3.98. The molecule has 1 aromatic carbocycles. The number of carbonyl (C=O) groups excluding carboxylic acids is 1. The first kappa shape index (κ1) is 15.3. The zero-order valence-electron chi connectivity index (χ0n) is 12.7. The molecule has 3 rings (SSSR count). The van der Waals surface area contributed by atoms with Gasteiger partial charge in [-0.05, 0) is 43.3 Å². The maximum absolute atomic E-state index is 12.1. The van der Waals surface area contributed by atoms with Gasteiger partial charge in [-0.25, -0.2) is 4.98 Å². The Morgan fingerprint density at radius 3 is 2.70 bits per heavy atom. The molecule has 0 spiro atoms. The molecule has 1 amide bonds. The Balaban J connectivity index is 1.59. The summed E-state index contributed by atoms with van der Waals surface area (Å²) in [6, 6.07) is 11.2. The van der Waals surface area contributed by atoms with Gasteiger partial charge in [-0.2, -0.15) is 0 Å². The Morgan fingerprint density at radius 2 is 2.00 bits per heavy atom. The molecule has 0 saturated heterocycles. The predicted molar refractivity (Wildman–Crippen MR) is 91.4 cm³/mol. The molecule has 0 bridgehead atoms. The lowest BCUT2D eigenvalue weighted by atomic mass is 10.2. The van der Waals surface area contributed by atoms with Crippen molar-refractivity contribution in [3.63, 3.8) is 0 Å². The van der Waals surface area contributed by atoms with Gasteiger partial charge in [0, 0.05) is 23.5 Å². The zero-order valence-corrected chi connectivity index (χ0v) is 13.5. The van der Waals surface area contributed by atoms with Crippen LogP contribution in [0.4, 0.5) is 5.69 Å². The largest absolute Gasteiger partial charge is 0.494 e. The van der Waals surface area contributed by atoms with E-state index < -0.39 is 0 Å². The molecule has 6 heteroatoms. The van der Waals surface area contributed by atoms with Gasteiger partial charge in [0.25, 0.3) is 0 Å². The molecular weight excluding hydrogens is 310 g/mol. The highest BCUT2D eigenvalue weighted by Crippen LogP contribution is 2.17. The Labute approximate surface area is 138 Å². The van der Waals surface area contributed by atoms with E-state index in [1.54, 1.807) is 0 Å². The van der Waals surface area contributed by atoms with Crippen molar-refractivity contribution in [2.75, 3.05) is 11.9 Å². The number of hydrogen-bond donors (Lipinski definition) is 1. The van der Waals surface area contributed by atoms with Gasteiger partial charge >= 0.3 is 0 Å². The Bertz CT molecular complexity index is 764. The molecule has 0 aliphatic carbocycles. The van der Waals surface area contributed by atoms with Crippen molar-refractivity contribution >= 4 is 22.9 Å². The minimum atomic E-state index is -0.0847. The van der Waals surface area contributed by atoms with Crippen molar-refractivity contribution in [1.29, 1.82) is 0 Å². The summed E-state index contributed by atoms with van der Waals surface area (Å²) in [5, 5.41) is 5.64. The predicted octanol–water partition coefficient (Wildman–Crippen LogP) is 3.51.